The van der Waals surface area contributed by atoms with Crippen LogP contribution in [0.4, 0.5) is 0 Å². The molecule has 0 spiro atoms. The number of methoxy groups -OCH3 is 1. The van der Waals surface area contributed by atoms with Crippen molar-refractivity contribution in [1.82, 2.24) is 0 Å². The van der Waals surface area contributed by atoms with Crippen molar-refractivity contribution in [3.63, 3.8) is 0 Å². The molecule has 0 N–H and O–H groups in total. The van der Waals surface area contributed by atoms with Crippen LogP contribution in [-0.4, -0.2) is 83.7 Å². The van der Waals surface area contributed by atoms with Gasteiger partial charge >= 0.3 is 14.5 Å². The van der Waals surface area contributed by atoms with Crippen LogP contribution >= 0.6 is 0 Å². The van der Waals surface area contributed by atoms with Crippen LogP contribution in [0.3, 0.4) is 0 Å². The predicted molar refractivity (Wildman–Crippen MR) is 154 cm³/mol. The highest BCUT2D eigenvalue weighted by Gasteiger charge is 2.39. The molecule has 0 saturated carbocycles. The van der Waals surface area contributed by atoms with E-state index in [9.17, 15) is 9.59 Å². The summed E-state index contributed by atoms with van der Waals surface area (Å²) >= 11 is 0. The molecule has 212 valence electrons. The largest absolute Gasteiger partial charge is 0.460 e. The Kier molecular flexibility index (Phi) is 15.3. The number of Topliss-reactive ketones (excluding diaryl/α,β-unsaturated/α-hetero) is 1. The van der Waals surface area contributed by atoms with Gasteiger partial charge in [-0.25, -0.2) is 4.79 Å². The predicted octanol–water partition coefficient (Wildman–Crippen LogP) is 5.65. The van der Waals surface area contributed by atoms with E-state index in [4.69, 9.17) is 27.2 Å². The summed E-state index contributed by atoms with van der Waals surface area (Å²) in [6.07, 6.45) is 1.89. The lowest BCUT2D eigenvalue weighted by Crippen LogP contribution is -2.52. The fraction of sp³-hybridized carbons (Fsp3) is 0.692. The zero-order valence-electron chi connectivity index (χ0n) is 24.1. The maximum absolute atomic E-state index is 12.1. The molecule has 1 aromatic rings. The van der Waals surface area contributed by atoms with Crippen LogP contribution < -0.4 is 0 Å². The van der Waals surface area contributed by atoms with E-state index < -0.39 is 31.2 Å². The lowest BCUT2D eigenvalue weighted by Gasteiger charge is -2.38. The molecule has 37 heavy (non-hydrogen) atoms. The molecule has 0 aromatic heterocycles. The van der Waals surface area contributed by atoms with Gasteiger partial charge in [0.2, 0.25) is 0 Å². The second kappa shape index (κ2) is 16.7. The topological polar surface area (TPSA) is 89.5 Å². The van der Waals surface area contributed by atoms with Gasteiger partial charge in [-0.3, -0.25) is 4.79 Å². The molecule has 0 saturated heterocycles. The van der Waals surface area contributed by atoms with E-state index in [2.05, 4.69) is 39.3 Å². The van der Waals surface area contributed by atoms with Crippen molar-refractivity contribution in [2.24, 2.45) is 0 Å². The van der Waals surface area contributed by atoms with E-state index >= 15 is 0 Å². The number of ketones is 1. The Balaban J connectivity index is 2.25. The van der Waals surface area contributed by atoms with Gasteiger partial charge in [-0.2, -0.15) is 0 Å². The molecule has 1 rings (SSSR count). The summed E-state index contributed by atoms with van der Waals surface area (Å²) in [5.74, 6) is -0.456. The second-order valence-corrected chi connectivity index (χ2v) is 23.3. The van der Waals surface area contributed by atoms with Gasteiger partial charge in [-0.05, 0) is 83.3 Å². The number of ether oxygens (including phenoxy) is 4. The SMILES string of the molecule is COCCOCCC[Si](C)(C)O[Si](C)(C)O[Si](C)(C)CCCOCCOC(=O)c1ccc(C(C)=O)cc1. The Morgan fingerprint density at radius 1 is 0.676 bits per heavy atom. The Morgan fingerprint density at radius 3 is 1.59 bits per heavy atom. The van der Waals surface area contributed by atoms with Crippen molar-refractivity contribution in [2.75, 3.05) is 46.8 Å². The highest BCUT2D eigenvalue weighted by molar-refractivity contribution is 6.87. The number of esters is 1. The summed E-state index contributed by atoms with van der Waals surface area (Å²) in [5, 5.41) is 0. The smallest absolute Gasteiger partial charge is 0.338 e. The summed E-state index contributed by atoms with van der Waals surface area (Å²) in [6.45, 7) is 17.9. The highest BCUT2D eigenvalue weighted by Crippen LogP contribution is 2.26. The summed E-state index contributed by atoms with van der Waals surface area (Å²) in [5.41, 5.74) is 0.990. The Morgan fingerprint density at radius 2 is 1.14 bits per heavy atom. The third-order valence-corrected chi connectivity index (χ3v) is 17.1. The van der Waals surface area contributed by atoms with Crippen molar-refractivity contribution in [3.8, 4) is 0 Å². The molecule has 0 amide bonds. The van der Waals surface area contributed by atoms with Crippen molar-refractivity contribution in [2.45, 2.75) is 71.1 Å². The minimum atomic E-state index is -2.25. The number of carbonyl (C=O) groups is 2. The first-order chi connectivity index (χ1) is 17.3. The normalized spacial score (nSPS) is 12.5. The van der Waals surface area contributed by atoms with Crippen molar-refractivity contribution in [1.29, 1.82) is 0 Å². The average molecular weight is 573 g/mol. The molecule has 0 unspecified atom stereocenters. The summed E-state index contributed by atoms with van der Waals surface area (Å²) in [4.78, 5) is 23.4. The second-order valence-electron chi connectivity index (χ2n) is 10.8. The average Bonchev–Trinajstić information content (AvgIpc) is 2.79. The van der Waals surface area contributed by atoms with Crippen LogP contribution in [0.2, 0.25) is 51.4 Å². The monoisotopic (exact) mass is 572 g/mol. The summed E-state index contributed by atoms with van der Waals surface area (Å²) in [6, 6.07) is 8.48. The fourth-order valence-electron chi connectivity index (χ4n) is 4.12. The number of hydrogen-bond acceptors (Lipinski definition) is 8. The van der Waals surface area contributed by atoms with Gasteiger partial charge in [0.25, 0.3) is 0 Å². The van der Waals surface area contributed by atoms with Gasteiger partial charge < -0.3 is 27.2 Å². The standard InChI is InChI=1S/C26H48O8Si3/c1-23(27)24-11-13-25(14-12-24)26(28)32-20-19-31-16-10-22-36(5,6)34-37(7,8)33-35(3,4)21-9-15-30-18-17-29-2/h11-14H,9-10,15-22H2,1-8H3. The molecule has 11 heteroatoms. The third-order valence-electron chi connectivity index (χ3n) is 5.60. The first-order valence-electron chi connectivity index (χ1n) is 13.1. The summed E-state index contributed by atoms with van der Waals surface area (Å²) < 4.78 is 34.8. The highest BCUT2D eigenvalue weighted by atomic mass is 28.5. The molecular formula is C26H48O8Si3. The van der Waals surface area contributed by atoms with Crippen molar-refractivity contribution < 1.29 is 36.8 Å². The van der Waals surface area contributed by atoms with E-state index in [1.54, 1.807) is 31.4 Å². The van der Waals surface area contributed by atoms with Crippen molar-refractivity contribution in [3.05, 3.63) is 35.4 Å². The molecule has 0 bridgehead atoms. The molecule has 0 aliphatic heterocycles. The first kappa shape index (κ1) is 33.8. The molecule has 0 atom stereocenters. The molecule has 0 heterocycles. The summed E-state index contributed by atoms with van der Waals surface area (Å²) in [7, 11) is -4.31. The van der Waals surface area contributed by atoms with E-state index in [0.29, 0.717) is 37.6 Å². The minimum absolute atomic E-state index is 0.0374. The van der Waals surface area contributed by atoms with Crippen LogP contribution in [-0.2, 0) is 27.2 Å². The maximum Gasteiger partial charge on any atom is 0.338 e. The number of rotatable bonds is 20. The lowest BCUT2D eigenvalue weighted by molar-refractivity contribution is 0.0318. The lowest BCUT2D eigenvalue weighted by atomic mass is 10.1. The van der Waals surface area contributed by atoms with Gasteiger partial charge in [-0.1, -0.05) is 12.1 Å². The molecule has 1 aromatic carbocycles. The maximum atomic E-state index is 12.1. The molecule has 8 nitrogen and oxygen atoms in total. The quantitative estimate of drug-likeness (QED) is 0.0857. The van der Waals surface area contributed by atoms with E-state index in [1.165, 1.54) is 6.92 Å². The molecular weight excluding hydrogens is 525 g/mol. The molecule has 0 aliphatic carbocycles. The number of hydrogen-bond donors (Lipinski definition) is 0. The molecule has 0 radical (unpaired) electrons. The van der Waals surface area contributed by atoms with Gasteiger partial charge in [0.15, 0.2) is 22.4 Å². The van der Waals surface area contributed by atoms with E-state index in [1.807, 2.05) is 0 Å². The van der Waals surface area contributed by atoms with Crippen LogP contribution in [0, 0.1) is 0 Å². The minimum Gasteiger partial charge on any atom is -0.460 e. The van der Waals surface area contributed by atoms with E-state index in [0.717, 1.165) is 31.5 Å². The Labute approximate surface area is 226 Å². The number of benzene rings is 1. The fourth-order valence-corrected chi connectivity index (χ4v) is 18.1. The van der Waals surface area contributed by atoms with Gasteiger partial charge in [0, 0.05) is 25.9 Å². The van der Waals surface area contributed by atoms with Crippen LogP contribution in [0.25, 0.3) is 0 Å². The van der Waals surface area contributed by atoms with Gasteiger partial charge in [-0.15, -0.1) is 0 Å². The number of carbonyl (C=O) groups excluding carboxylic acids is 2. The van der Waals surface area contributed by atoms with Crippen LogP contribution in [0.5, 0.6) is 0 Å². The zero-order valence-corrected chi connectivity index (χ0v) is 27.1. The molecule has 0 aliphatic rings. The third kappa shape index (κ3) is 15.7. The Hall–Kier alpha value is -1.19. The first-order valence-corrected chi connectivity index (χ1v) is 22.1. The Bertz CT molecular complexity index is 813. The zero-order chi connectivity index (χ0) is 28.0. The van der Waals surface area contributed by atoms with Gasteiger partial charge in [0.05, 0.1) is 25.4 Å². The molecule has 0 fully saturated rings. The van der Waals surface area contributed by atoms with Gasteiger partial charge in [0.1, 0.15) is 6.61 Å². The van der Waals surface area contributed by atoms with Crippen LogP contribution in [0.15, 0.2) is 24.3 Å². The van der Waals surface area contributed by atoms with Crippen molar-refractivity contribution >= 4 is 36.9 Å². The van der Waals surface area contributed by atoms with Crippen LogP contribution in [0.1, 0.15) is 40.5 Å². The van der Waals surface area contributed by atoms with E-state index in [-0.39, 0.29) is 12.4 Å².